The molecule has 3 N–H and O–H groups in total. The number of carbonyl (C=O) groups excluding carboxylic acids is 2. The van der Waals surface area contributed by atoms with Gasteiger partial charge < -0.3 is 10.6 Å². The van der Waals surface area contributed by atoms with E-state index >= 15 is 0 Å². The van der Waals surface area contributed by atoms with E-state index in [4.69, 9.17) is 0 Å². The van der Waals surface area contributed by atoms with Crippen molar-refractivity contribution in [2.45, 2.75) is 31.6 Å². The summed E-state index contributed by atoms with van der Waals surface area (Å²) in [5.74, 6) is -2.17. The van der Waals surface area contributed by atoms with Gasteiger partial charge in [-0.25, -0.2) is 8.78 Å². The first kappa shape index (κ1) is 17.2. The molecule has 0 aliphatic carbocycles. The number of piperazine rings is 1. The van der Waals surface area contributed by atoms with E-state index in [1.807, 2.05) is 0 Å². The average Bonchev–Trinajstić information content (AvgIpc) is 2.55. The van der Waals surface area contributed by atoms with Gasteiger partial charge in [0.2, 0.25) is 11.8 Å². The zero-order valence-corrected chi connectivity index (χ0v) is 13.4. The summed E-state index contributed by atoms with van der Waals surface area (Å²) in [6.07, 6.45) is 4.53. The standard InChI is InChI=1S/C17H17F2N4O2.3H2/c1-9(11-5-4-10(18)7-12(11)19)21-15(24)8-14-17(25)23-13-3-2-6-20-16(13)22-14;;;/h2-7,9,14,16,22H,8H2,1H3,(H,21,24)(H,23,25);3*1H/t9-,14-,16?;;;/m0.../s1. The zero-order valence-electron chi connectivity index (χ0n) is 13.4. The van der Waals surface area contributed by atoms with Gasteiger partial charge in [-0.2, -0.15) is 0 Å². The Kier molecular flexibility index (Phi) is 4.89. The molecule has 2 heterocycles. The lowest BCUT2D eigenvalue weighted by atomic mass is 10.0. The minimum absolute atomic E-state index is 0. The first-order valence-corrected chi connectivity index (χ1v) is 7.82. The molecule has 3 atom stereocenters. The van der Waals surface area contributed by atoms with Gasteiger partial charge in [-0.05, 0) is 19.1 Å². The summed E-state index contributed by atoms with van der Waals surface area (Å²) in [6.45, 7) is 1.59. The van der Waals surface area contributed by atoms with Crippen LogP contribution in [-0.2, 0) is 9.59 Å². The maximum atomic E-state index is 13.8. The number of hydrogen-bond donors (Lipinski definition) is 3. The summed E-state index contributed by atoms with van der Waals surface area (Å²) in [7, 11) is 0. The number of dihydropyridines is 1. The maximum Gasteiger partial charge on any atom is 0.238 e. The topological polar surface area (TPSA) is 82.6 Å². The van der Waals surface area contributed by atoms with Gasteiger partial charge in [0, 0.05) is 22.1 Å². The number of nitrogens with one attached hydrogen (secondary N) is 3. The number of rotatable bonds is 4. The number of aliphatic imine (C=N–C) groups is 1. The normalized spacial score (nSPS) is 23.7. The summed E-state index contributed by atoms with van der Waals surface area (Å²) in [5.41, 5.74) is 0.174. The second-order valence-electron chi connectivity index (χ2n) is 5.88. The van der Waals surface area contributed by atoms with Crippen molar-refractivity contribution in [2.24, 2.45) is 4.99 Å². The fourth-order valence-electron chi connectivity index (χ4n) is 2.76. The Bertz CT molecular complexity index is 764. The van der Waals surface area contributed by atoms with Crippen LogP contribution in [0.2, 0.25) is 0 Å². The number of carbonyl (C=O) groups is 2. The Labute approximate surface area is 147 Å². The Morgan fingerprint density at radius 2 is 2.24 bits per heavy atom. The molecule has 3 rings (SSSR count). The quantitative estimate of drug-likeness (QED) is 0.773. The first-order valence-electron chi connectivity index (χ1n) is 7.82. The summed E-state index contributed by atoms with van der Waals surface area (Å²) in [5, 5.41) is 8.31. The Balaban J connectivity index is 0.00000243. The molecular weight excluding hydrogens is 330 g/mol. The van der Waals surface area contributed by atoms with E-state index in [1.54, 1.807) is 25.3 Å². The number of hydrogen-bond acceptors (Lipinski definition) is 4. The van der Waals surface area contributed by atoms with Crippen LogP contribution in [-0.4, -0.2) is 30.2 Å². The molecule has 1 unspecified atom stereocenters. The molecule has 2 amide bonds. The second-order valence-corrected chi connectivity index (χ2v) is 5.88. The summed E-state index contributed by atoms with van der Waals surface area (Å²) in [6, 6.07) is 2.40. The second kappa shape index (κ2) is 7.10. The van der Waals surface area contributed by atoms with Crippen LogP contribution in [0.4, 0.5) is 8.78 Å². The van der Waals surface area contributed by atoms with Crippen LogP contribution in [0.25, 0.3) is 0 Å². The predicted molar refractivity (Wildman–Crippen MR) is 93.6 cm³/mol. The Morgan fingerprint density at radius 1 is 1.44 bits per heavy atom. The van der Waals surface area contributed by atoms with Gasteiger partial charge in [-0.15, -0.1) is 0 Å². The van der Waals surface area contributed by atoms with Crippen molar-refractivity contribution in [1.82, 2.24) is 16.0 Å². The lowest BCUT2D eigenvalue weighted by molar-refractivity contribution is -0.129. The van der Waals surface area contributed by atoms with Gasteiger partial charge >= 0.3 is 0 Å². The third-order valence-electron chi connectivity index (χ3n) is 4.03. The van der Waals surface area contributed by atoms with Gasteiger partial charge in [0.1, 0.15) is 23.8 Å². The van der Waals surface area contributed by atoms with E-state index in [9.17, 15) is 18.4 Å². The van der Waals surface area contributed by atoms with Crippen LogP contribution in [0.5, 0.6) is 0 Å². The fourth-order valence-corrected chi connectivity index (χ4v) is 2.76. The van der Waals surface area contributed by atoms with Gasteiger partial charge in [0.15, 0.2) is 0 Å². The smallest absolute Gasteiger partial charge is 0.238 e. The summed E-state index contributed by atoms with van der Waals surface area (Å²) in [4.78, 5) is 28.4. The number of amides is 2. The molecule has 2 aliphatic rings. The molecule has 1 saturated heterocycles. The lowest BCUT2D eigenvalue weighted by Gasteiger charge is -2.34. The molecule has 1 aromatic rings. The van der Waals surface area contributed by atoms with Crippen LogP contribution < -0.4 is 16.0 Å². The predicted octanol–water partition coefficient (Wildman–Crippen LogP) is 1.86. The molecule has 0 bridgehead atoms. The Hall–Kier alpha value is -2.61. The van der Waals surface area contributed by atoms with E-state index in [2.05, 4.69) is 20.9 Å². The van der Waals surface area contributed by atoms with E-state index in [0.29, 0.717) is 6.04 Å². The summed E-state index contributed by atoms with van der Waals surface area (Å²) >= 11 is 0. The fraction of sp³-hybridized carbons (Fsp3) is 0.294. The van der Waals surface area contributed by atoms with Crippen molar-refractivity contribution >= 4 is 18.0 Å². The lowest BCUT2D eigenvalue weighted by Crippen LogP contribution is -2.60. The SMILES string of the molecule is C[C@H](NC(=O)C[C@@H]1NC2N=CC=C[C]2NC1=O)c1ccc(F)cc1F.[HH].[HH].[HH]. The molecule has 1 fully saturated rings. The highest BCUT2D eigenvalue weighted by Crippen LogP contribution is 2.19. The molecule has 2 aliphatic heterocycles. The van der Waals surface area contributed by atoms with Crippen molar-refractivity contribution in [1.29, 1.82) is 0 Å². The van der Waals surface area contributed by atoms with Crippen molar-refractivity contribution in [3.63, 3.8) is 0 Å². The van der Waals surface area contributed by atoms with Gasteiger partial charge in [0.05, 0.1) is 18.5 Å². The van der Waals surface area contributed by atoms with E-state index in [-0.39, 0.29) is 22.2 Å². The first-order chi connectivity index (χ1) is 11.9. The highest BCUT2D eigenvalue weighted by molar-refractivity contribution is 5.91. The van der Waals surface area contributed by atoms with Crippen LogP contribution in [0.15, 0.2) is 35.3 Å². The van der Waals surface area contributed by atoms with Gasteiger partial charge in [-0.1, -0.05) is 12.1 Å². The molecule has 6 nitrogen and oxygen atoms in total. The van der Waals surface area contributed by atoms with Crippen molar-refractivity contribution in [3.8, 4) is 0 Å². The molecule has 8 heteroatoms. The van der Waals surface area contributed by atoms with Crippen molar-refractivity contribution in [2.75, 3.05) is 0 Å². The van der Waals surface area contributed by atoms with Crippen LogP contribution >= 0.6 is 0 Å². The van der Waals surface area contributed by atoms with Crippen molar-refractivity contribution in [3.05, 3.63) is 53.6 Å². The van der Waals surface area contributed by atoms with Crippen LogP contribution in [0.1, 0.15) is 29.2 Å². The molecule has 1 aromatic carbocycles. The highest BCUT2D eigenvalue weighted by Gasteiger charge is 2.36. The largest absolute Gasteiger partial charge is 0.349 e. The molecule has 137 valence electrons. The van der Waals surface area contributed by atoms with E-state index < -0.39 is 35.8 Å². The molecule has 0 spiro atoms. The number of nitrogens with zero attached hydrogens (tertiary/aromatic N) is 1. The molecule has 1 radical (unpaired) electrons. The third kappa shape index (κ3) is 3.90. The molecule has 0 saturated carbocycles. The monoisotopic (exact) mass is 353 g/mol. The molecule has 25 heavy (non-hydrogen) atoms. The van der Waals surface area contributed by atoms with E-state index in [0.717, 1.165) is 12.1 Å². The number of halogens is 2. The maximum absolute atomic E-state index is 13.8. The van der Waals surface area contributed by atoms with Crippen LogP contribution in [0.3, 0.4) is 0 Å². The minimum Gasteiger partial charge on any atom is -0.349 e. The van der Waals surface area contributed by atoms with Gasteiger partial charge in [0.25, 0.3) is 0 Å². The van der Waals surface area contributed by atoms with Gasteiger partial charge in [-0.3, -0.25) is 19.9 Å². The van der Waals surface area contributed by atoms with E-state index in [1.165, 1.54) is 6.07 Å². The molecule has 0 aromatic heterocycles. The number of benzene rings is 1. The third-order valence-corrected chi connectivity index (χ3v) is 4.03. The minimum atomic E-state index is -0.748. The number of allylic oxidation sites excluding steroid dienone is 1. The van der Waals surface area contributed by atoms with Crippen molar-refractivity contribution < 1.29 is 22.6 Å². The highest BCUT2D eigenvalue weighted by atomic mass is 19.1. The van der Waals surface area contributed by atoms with Crippen LogP contribution in [0, 0.1) is 17.7 Å². The average molecular weight is 353 g/mol. The summed E-state index contributed by atoms with van der Waals surface area (Å²) < 4.78 is 26.7. The Morgan fingerprint density at radius 3 is 3.00 bits per heavy atom. The number of fused-ring (bicyclic) bond motifs is 1. The zero-order chi connectivity index (χ0) is 18.0. The molecular formula is C17H23F2N4O2.